The minimum Gasteiger partial charge on any atom is -0.459 e. The zero-order valence-corrected chi connectivity index (χ0v) is 14.3. The third-order valence-corrected chi connectivity index (χ3v) is 4.42. The molecule has 0 aliphatic rings. The van der Waals surface area contributed by atoms with E-state index >= 15 is 0 Å². The van der Waals surface area contributed by atoms with Gasteiger partial charge >= 0.3 is 11.6 Å². The van der Waals surface area contributed by atoms with Crippen molar-refractivity contribution in [2.75, 3.05) is 0 Å². The Bertz CT molecular complexity index is 1180. The van der Waals surface area contributed by atoms with Crippen LogP contribution >= 0.6 is 0 Å². The minimum atomic E-state index is -1.38. The predicted octanol–water partition coefficient (Wildman–Crippen LogP) is 3.72. The maximum atomic E-state index is 12.2. The van der Waals surface area contributed by atoms with Gasteiger partial charge in [-0.3, -0.25) is 0 Å². The molecular weight excluding hydrogens is 344 g/mol. The van der Waals surface area contributed by atoms with E-state index in [-0.39, 0.29) is 6.61 Å². The molecule has 5 nitrogen and oxygen atoms in total. The number of carbonyl (C=O) groups excluding carboxylic acids is 1. The fraction of sp³-hybridized carbons (Fsp3) is 0.0909. The molecule has 27 heavy (non-hydrogen) atoms. The van der Waals surface area contributed by atoms with Crippen LogP contribution in [0.2, 0.25) is 0 Å². The molecule has 5 heteroatoms. The SMILES string of the molecule is O=C(OCc1cc(=O)oc2ccc3ccccc3c12)[C@@H](O)c1ccccc1. The van der Waals surface area contributed by atoms with Gasteiger partial charge in [-0.05, 0) is 22.4 Å². The number of ether oxygens (including phenoxy) is 1. The molecule has 0 aliphatic heterocycles. The van der Waals surface area contributed by atoms with Crippen LogP contribution in [0.4, 0.5) is 0 Å². The second-order valence-corrected chi connectivity index (χ2v) is 6.17. The number of carbonyl (C=O) groups is 1. The number of esters is 1. The molecule has 0 spiro atoms. The van der Waals surface area contributed by atoms with E-state index < -0.39 is 17.7 Å². The van der Waals surface area contributed by atoms with Crippen LogP contribution < -0.4 is 5.63 Å². The van der Waals surface area contributed by atoms with Gasteiger partial charge in [0, 0.05) is 17.0 Å². The van der Waals surface area contributed by atoms with Crippen molar-refractivity contribution in [1.29, 1.82) is 0 Å². The summed E-state index contributed by atoms with van der Waals surface area (Å²) < 4.78 is 10.6. The third-order valence-electron chi connectivity index (χ3n) is 4.42. The fourth-order valence-electron chi connectivity index (χ4n) is 3.13. The molecular formula is C22H16O5. The van der Waals surface area contributed by atoms with Crippen LogP contribution in [0.25, 0.3) is 21.7 Å². The molecule has 4 aromatic rings. The van der Waals surface area contributed by atoms with Crippen LogP contribution in [-0.4, -0.2) is 11.1 Å². The molecule has 0 saturated carbocycles. The summed E-state index contributed by atoms with van der Waals surface area (Å²) in [7, 11) is 0. The van der Waals surface area contributed by atoms with Gasteiger partial charge in [0.05, 0.1) is 0 Å². The maximum absolute atomic E-state index is 12.2. The van der Waals surface area contributed by atoms with E-state index in [1.807, 2.05) is 30.3 Å². The summed E-state index contributed by atoms with van der Waals surface area (Å²) in [5.41, 5.74) is 0.889. The maximum Gasteiger partial charge on any atom is 0.339 e. The lowest BCUT2D eigenvalue weighted by Gasteiger charge is -2.12. The monoisotopic (exact) mass is 360 g/mol. The van der Waals surface area contributed by atoms with E-state index in [0.717, 1.165) is 16.2 Å². The lowest BCUT2D eigenvalue weighted by atomic mass is 10.0. The van der Waals surface area contributed by atoms with Crippen molar-refractivity contribution < 1.29 is 19.1 Å². The smallest absolute Gasteiger partial charge is 0.339 e. The predicted molar refractivity (Wildman–Crippen MR) is 101 cm³/mol. The highest BCUT2D eigenvalue weighted by atomic mass is 16.5. The Labute approximate surface area is 154 Å². The second kappa shape index (κ2) is 7.05. The second-order valence-electron chi connectivity index (χ2n) is 6.17. The van der Waals surface area contributed by atoms with Crippen molar-refractivity contribution in [3.8, 4) is 0 Å². The molecule has 1 aromatic heterocycles. The molecule has 0 unspecified atom stereocenters. The number of fused-ring (bicyclic) bond motifs is 3. The molecule has 0 bridgehead atoms. The Balaban J connectivity index is 1.68. The van der Waals surface area contributed by atoms with Gasteiger partial charge in [-0.25, -0.2) is 9.59 Å². The van der Waals surface area contributed by atoms with Gasteiger partial charge in [0.25, 0.3) is 0 Å². The zero-order chi connectivity index (χ0) is 18.8. The summed E-state index contributed by atoms with van der Waals surface area (Å²) in [6.45, 7) is -0.140. The molecule has 0 amide bonds. The summed E-state index contributed by atoms with van der Waals surface area (Å²) in [5.74, 6) is -0.775. The Kier molecular flexibility index (Phi) is 4.44. The van der Waals surface area contributed by atoms with E-state index in [0.29, 0.717) is 16.7 Å². The molecule has 1 heterocycles. The van der Waals surface area contributed by atoms with Crippen molar-refractivity contribution in [2.45, 2.75) is 12.7 Å². The summed E-state index contributed by atoms with van der Waals surface area (Å²) in [6.07, 6.45) is -1.38. The quantitative estimate of drug-likeness (QED) is 0.341. The average Bonchev–Trinajstić information content (AvgIpc) is 2.71. The molecule has 0 radical (unpaired) electrons. The molecule has 134 valence electrons. The molecule has 3 aromatic carbocycles. The van der Waals surface area contributed by atoms with Gasteiger partial charge in [-0.15, -0.1) is 0 Å². The zero-order valence-electron chi connectivity index (χ0n) is 14.3. The normalized spacial score (nSPS) is 12.2. The first kappa shape index (κ1) is 17.0. The summed E-state index contributed by atoms with van der Waals surface area (Å²) in [6, 6.07) is 21.1. The standard InChI is InChI=1S/C22H16O5/c23-19-12-16(13-26-22(25)21(24)15-7-2-1-3-8-15)20-17-9-5-4-6-14(17)10-11-18(20)27-19/h1-12,21,24H,13H2/t21-/m0/s1. The van der Waals surface area contributed by atoms with Crippen LogP contribution in [0.5, 0.6) is 0 Å². The number of benzene rings is 3. The highest BCUT2D eigenvalue weighted by Gasteiger charge is 2.19. The lowest BCUT2D eigenvalue weighted by molar-refractivity contribution is -0.155. The molecule has 4 rings (SSSR count). The van der Waals surface area contributed by atoms with Crippen molar-refractivity contribution >= 4 is 27.7 Å². The summed E-state index contributed by atoms with van der Waals surface area (Å²) >= 11 is 0. The van der Waals surface area contributed by atoms with Gasteiger partial charge in [0.15, 0.2) is 6.10 Å². The summed E-state index contributed by atoms with van der Waals surface area (Å²) in [4.78, 5) is 24.1. The number of aliphatic hydroxyl groups excluding tert-OH is 1. The molecule has 0 aliphatic carbocycles. The highest BCUT2D eigenvalue weighted by Crippen LogP contribution is 2.28. The van der Waals surface area contributed by atoms with Gasteiger partial charge in [-0.1, -0.05) is 60.7 Å². The van der Waals surface area contributed by atoms with Crippen LogP contribution in [0, 0.1) is 0 Å². The lowest BCUT2D eigenvalue weighted by Crippen LogP contribution is -2.16. The van der Waals surface area contributed by atoms with Gasteiger partial charge in [-0.2, -0.15) is 0 Å². The van der Waals surface area contributed by atoms with E-state index in [4.69, 9.17) is 9.15 Å². The van der Waals surface area contributed by atoms with Gasteiger partial charge in [0.1, 0.15) is 12.2 Å². The number of hydrogen-bond acceptors (Lipinski definition) is 5. The van der Waals surface area contributed by atoms with Gasteiger partial charge in [0.2, 0.25) is 0 Å². The number of hydrogen-bond donors (Lipinski definition) is 1. The Morgan fingerprint density at radius 1 is 1.00 bits per heavy atom. The largest absolute Gasteiger partial charge is 0.459 e. The van der Waals surface area contributed by atoms with Crippen molar-refractivity contribution in [3.63, 3.8) is 0 Å². The van der Waals surface area contributed by atoms with E-state index in [1.54, 1.807) is 36.4 Å². The third kappa shape index (κ3) is 3.32. The Hall–Kier alpha value is -3.44. The topological polar surface area (TPSA) is 76.7 Å². The van der Waals surface area contributed by atoms with Crippen LogP contribution in [-0.2, 0) is 16.1 Å². The molecule has 0 saturated heterocycles. The van der Waals surface area contributed by atoms with E-state index in [9.17, 15) is 14.7 Å². The Morgan fingerprint density at radius 3 is 2.56 bits per heavy atom. The first-order valence-electron chi connectivity index (χ1n) is 8.47. The first-order chi connectivity index (χ1) is 13.1. The van der Waals surface area contributed by atoms with Crippen molar-refractivity contribution in [2.24, 2.45) is 0 Å². The number of rotatable bonds is 4. The first-order valence-corrected chi connectivity index (χ1v) is 8.47. The van der Waals surface area contributed by atoms with Crippen LogP contribution in [0.3, 0.4) is 0 Å². The fourth-order valence-corrected chi connectivity index (χ4v) is 3.13. The van der Waals surface area contributed by atoms with Crippen LogP contribution in [0.1, 0.15) is 17.2 Å². The molecule has 1 atom stereocenters. The summed E-state index contributed by atoms with van der Waals surface area (Å²) in [5, 5.41) is 12.7. The van der Waals surface area contributed by atoms with E-state index in [1.165, 1.54) is 6.07 Å². The van der Waals surface area contributed by atoms with Crippen LogP contribution in [0.15, 0.2) is 82.0 Å². The van der Waals surface area contributed by atoms with Crippen molar-refractivity contribution in [3.05, 3.63) is 94.3 Å². The minimum absolute atomic E-state index is 0.140. The molecule has 0 fully saturated rings. The Morgan fingerprint density at radius 2 is 1.74 bits per heavy atom. The average molecular weight is 360 g/mol. The van der Waals surface area contributed by atoms with Crippen molar-refractivity contribution in [1.82, 2.24) is 0 Å². The van der Waals surface area contributed by atoms with Gasteiger partial charge < -0.3 is 14.3 Å². The highest BCUT2D eigenvalue weighted by molar-refractivity contribution is 6.07. The number of aliphatic hydroxyl groups is 1. The van der Waals surface area contributed by atoms with E-state index in [2.05, 4.69) is 0 Å². The molecule has 1 N–H and O–H groups in total.